The Balaban J connectivity index is 2.39. The zero-order chi connectivity index (χ0) is 13.3. The molecular formula is C14H17NO3. The van der Waals surface area contributed by atoms with Crippen molar-refractivity contribution in [2.24, 2.45) is 5.41 Å². The molecule has 18 heavy (non-hydrogen) atoms. The molecule has 0 atom stereocenters. The Bertz CT molecular complexity index is 584. The number of aliphatic carboxylic acids is 1. The van der Waals surface area contributed by atoms with Crippen LogP contribution in [0.3, 0.4) is 0 Å². The van der Waals surface area contributed by atoms with Crippen molar-refractivity contribution in [3.8, 4) is 5.75 Å². The molecule has 0 aliphatic carbocycles. The highest BCUT2D eigenvalue weighted by Gasteiger charge is 2.28. The number of hydrogen-bond acceptors (Lipinski definition) is 2. The van der Waals surface area contributed by atoms with Crippen LogP contribution >= 0.6 is 0 Å². The number of H-pyrrole nitrogens is 1. The molecule has 2 N–H and O–H groups in total. The second-order valence-electron chi connectivity index (χ2n) is 5.08. The van der Waals surface area contributed by atoms with Gasteiger partial charge >= 0.3 is 5.97 Å². The Kier molecular flexibility index (Phi) is 3.03. The van der Waals surface area contributed by atoms with E-state index in [1.807, 2.05) is 24.3 Å². The number of ether oxygens (including phenoxy) is 1. The summed E-state index contributed by atoms with van der Waals surface area (Å²) in [6.07, 6.45) is 0.458. The lowest BCUT2D eigenvalue weighted by Gasteiger charge is -2.17. The summed E-state index contributed by atoms with van der Waals surface area (Å²) in [4.78, 5) is 14.4. The van der Waals surface area contributed by atoms with E-state index in [0.29, 0.717) is 6.42 Å². The number of carbonyl (C=O) groups is 1. The fraction of sp³-hybridized carbons (Fsp3) is 0.357. The maximum absolute atomic E-state index is 11.1. The van der Waals surface area contributed by atoms with Crippen LogP contribution in [-0.4, -0.2) is 23.2 Å². The third kappa shape index (κ3) is 2.18. The van der Waals surface area contributed by atoms with Crippen LogP contribution in [0.25, 0.3) is 10.9 Å². The normalized spacial score (nSPS) is 11.7. The molecular weight excluding hydrogens is 230 g/mol. The number of methoxy groups -OCH3 is 1. The molecule has 4 nitrogen and oxygen atoms in total. The van der Waals surface area contributed by atoms with Crippen molar-refractivity contribution in [1.82, 2.24) is 4.98 Å². The number of fused-ring (bicyclic) bond motifs is 1. The standard InChI is InChI=1S/C14H17NO3/c1-14(2,13(16)17)8-9-7-10-11(15-9)5-4-6-12(10)18-3/h4-7,15H,8H2,1-3H3,(H,16,17). The molecule has 0 saturated carbocycles. The van der Waals surface area contributed by atoms with E-state index in [9.17, 15) is 4.79 Å². The van der Waals surface area contributed by atoms with Gasteiger partial charge < -0.3 is 14.8 Å². The summed E-state index contributed by atoms with van der Waals surface area (Å²) in [7, 11) is 1.63. The Morgan fingerprint density at radius 2 is 2.17 bits per heavy atom. The number of nitrogens with one attached hydrogen (secondary N) is 1. The van der Waals surface area contributed by atoms with Crippen LogP contribution in [-0.2, 0) is 11.2 Å². The molecule has 0 unspecified atom stereocenters. The Labute approximate surface area is 106 Å². The van der Waals surface area contributed by atoms with Crippen LogP contribution in [0.5, 0.6) is 5.75 Å². The van der Waals surface area contributed by atoms with Crippen LogP contribution < -0.4 is 4.74 Å². The fourth-order valence-electron chi connectivity index (χ4n) is 2.01. The molecule has 1 aromatic carbocycles. The molecule has 0 fully saturated rings. The highest BCUT2D eigenvalue weighted by atomic mass is 16.5. The minimum absolute atomic E-state index is 0.458. The third-order valence-corrected chi connectivity index (χ3v) is 3.11. The summed E-state index contributed by atoms with van der Waals surface area (Å²) in [5.41, 5.74) is 1.08. The van der Waals surface area contributed by atoms with Crippen LogP contribution in [0.1, 0.15) is 19.5 Å². The highest BCUT2D eigenvalue weighted by molar-refractivity contribution is 5.87. The number of rotatable bonds is 4. The van der Waals surface area contributed by atoms with Crippen LogP contribution in [0.15, 0.2) is 24.3 Å². The predicted molar refractivity (Wildman–Crippen MR) is 70.0 cm³/mol. The van der Waals surface area contributed by atoms with Gasteiger partial charge in [-0.2, -0.15) is 0 Å². The maximum atomic E-state index is 11.1. The van der Waals surface area contributed by atoms with E-state index in [0.717, 1.165) is 22.3 Å². The average molecular weight is 247 g/mol. The topological polar surface area (TPSA) is 62.3 Å². The summed E-state index contributed by atoms with van der Waals surface area (Å²) >= 11 is 0. The molecule has 0 amide bonds. The van der Waals surface area contributed by atoms with Gasteiger partial charge in [0.25, 0.3) is 0 Å². The monoisotopic (exact) mass is 247 g/mol. The quantitative estimate of drug-likeness (QED) is 0.873. The minimum Gasteiger partial charge on any atom is -0.496 e. The lowest BCUT2D eigenvalue weighted by atomic mass is 9.88. The number of benzene rings is 1. The Morgan fingerprint density at radius 3 is 2.78 bits per heavy atom. The van der Waals surface area contributed by atoms with Gasteiger partial charge in [-0.15, -0.1) is 0 Å². The van der Waals surface area contributed by atoms with E-state index in [4.69, 9.17) is 9.84 Å². The molecule has 2 aromatic rings. The van der Waals surface area contributed by atoms with Crippen molar-refractivity contribution in [2.75, 3.05) is 7.11 Å². The highest BCUT2D eigenvalue weighted by Crippen LogP contribution is 2.29. The van der Waals surface area contributed by atoms with E-state index in [-0.39, 0.29) is 0 Å². The molecule has 2 rings (SSSR count). The van der Waals surface area contributed by atoms with E-state index in [1.165, 1.54) is 0 Å². The van der Waals surface area contributed by atoms with Gasteiger partial charge in [-0.1, -0.05) is 6.07 Å². The molecule has 0 aliphatic rings. The molecule has 0 spiro atoms. The van der Waals surface area contributed by atoms with E-state index in [1.54, 1.807) is 21.0 Å². The third-order valence-electron chi connectivity index (χ3n) is 3.11. The zero-order valence-electron chi connectivity index (χ0n) is 10.8. The molecule has 0 saturated heterocycles. The summed E-state index contributed by atoms with van der Waals surface area (Å²) in [6.45, 7) is 3.44. The second kappa shape index (κ2) is 4.37. The number of carboxylic acids is 1. The first-order valence-corrected chi connectivity index (χ1v) is 5.82. The zero-order valence-corrected chi connectivity index (χ0v) is 10.8. The number of aromatic nitrogens is 1. The van der Waals surface area contributed by atoms with Crippen molar-refractivity contribution in [1.29, 1.82) is 0 Å². The van der Waals surface area contributed by atoms with Crippen molar-refractivity contribution in [3.05, 3.63) is 30.0 Å². The van der Waals surface area contributed by atoms with Gasteiger partial charge in [-0.25, -0.2) is 0 Å². The smallest absolute Gasteiger partial charge is 0.309 e. The van der Waals surface area contributed by atoms with Gasteiger partial charge in [-0.05, 0) is 32.0 Å². The van der Waals surface area contributed by atoms with Gasteiger partial charge in [0.2, 0.25) is 0 Å². The second-order valence-corrected chi connectivity index (χ2v) is 5.08. The Morgan fingerprint density at radius 1 is 1.44 bits per heavy atom. The predicted octanol–water partition coefficient (Wildman–Crippen LogP) is 2.83. The molecule has 0 radical (unpaired) electrons. The SMILES string of the molecule is COc1cccc2[nH]c(CC(C)(C)C(=O)O)cc12. The largest absolute Gasteiger partial charge is 0.496 e. The van der Waals surface area contributed by atoms with Crippen molar-refractivity contribution in [3.63, 3.8) is 0 Å². The first-order valence-electron chi connectivity index (χ1n) is 5.82. The lowest BCUT2D eigenvalue weighted by Crippen LogP contribution is -2.26. The molecule has 1 heterocycles. The molecule has 0 aliphatic heterocycles. The van der Waals surface area contributed by atoms with Gasteiger partial charge in [-0.3, -0.25) is 4.79 Å². The molecule has 4 heteroatoms. The van der Waals surface area contributed by atoms with Crippen molar-refractivity contribution >= 4 is 16.9 Å². The van der Waals surface area contributed by atoms with Crippen LogP contribution in [0.2, 0.25) is 0 Å². The van der Waals surface area contributed by atoms with Gasteiger partial charge in [0.05, 0.1) is 12.5 Å². The summed E-state index contributed by atoms with van der Waals surface area (Å²) in [5, 5.41) is 10.1. The van der Waals surface area contributed by atoms with Crippen LogP contribution in [0.4, 0.5) is 0 Å². The molecule has 0 bridgehead atoms. The fourth-order valence-corrected chi connectivity index (χ4v) is 2.01. The molecule has 96 valence electrons. The lowest BCUT2D eigenvalue weighted by molar-refractivity contribution is -0.146. The van der Waals surface area contributed by atoms with E-state index < -0.39 is 11.4 Å². The van der Waals surface area contributed by atoms with Crippen molar-refractivity contribution < 1.29 is 14.6 Å². The number of aromatic amines is 1. The van der Waals surface area contributed by atoms with E-state index in [2.05, 4.69) is 4.98 Å². The first kappa shape index (κ1) is 12.5. The van der Waals surface area contributed by atoms with E-state index >= 15 is 0 Å². The number of carboxylic acid groups (broad SMARTS) is 1. The maximum Gasteiger partial charge on any atom is 0.309 e. The average Bonchev–Trinajstić information content (AvgIpc) is 2.69. The van der Waals surface area contributed by atoms with Gasteiger partial charge in [0.15, 0.2) is 0 Å². The van der Waals surface area contributed by atoms with Crippen molar-refractivity contribution in [2.45, 2.75) is 20.3 Å². The number of hydrogen-bond donors (Lipinski definition) is 2. The Hall–Kier alpha value is -1.97. The summed E-state index contributed by atoms with van der Waals surface area (Å²) in [6, 6.07) is 7.71. The minimum atomic E-state index is -0.798. The van der Waals surface area contributed by atoms with Gasteiger partial charge in [0, 0.05) is 23.0 Å². The van der Waals surface area contributed by atoms with Gasteiger partial charge in [0.1, 0.15) is 5.75 Å². The summed E-state index contributed by atoms with van der Waals surface area (Å²) in [5.74, 6) is -0.00347. The van der Waals surface area contributed by atoms with Crippen LogP contribution in [0, 0.1) is 5.41 Å². The first-order chi connectivity index (χ1) is 8.44. The molecule has 1 aromatic heterocycles. The summed E-state index contributed by atoms with van der Waals surface area (Å²) < 4.78 is 5.28.